The van der Waals surface area contributed by atoms with Gasteiger partial charge in [0.1, 0.15) is 17.3 Å². The molecule has 0 saturated carbocycles. The van der Waals surface area contributed by atoms with E-state index >= 15 is 0 Å². The third kappa shape index (κ3) is 2.66. The van der Waals surface area contributed by atoms with Crippen molar-refractivity contribution in [2.24, 2.45) is 0 Å². The molecule has 5 heteroatoms. The fourth-order valence-corrected chi connectivity index (χ4v) is 2.08. The fraction of sp³-hybridized carbons (Fsp3) is 0.429. The summed E-state index contributed by atoms with van der Waals surface area (Å²) in [5, 5.41) is 7.46. The molecule has 1 N–H and O–H groups in total. The lowest BCUT2D eigenvalue weighted by molar-refractivity contribution is 0.599. The largest absolute Gasteiger partial charge is 0.316 e. The number of halogens is 1. The lowest BCUT2D eigenvalue weighted by Crippen LogP contribution is -2.13. The van der Waals surface area contributed by atoms with Gasteiger partial charge in [0.25, 0.3) is 0 Å². The number of aryl methyl sites for hydroxylation is 2. The minimum absolute atomic E-state index is 0.269. The van der Waals surface area contributed by atoms with E-state index in [1.807, 2.05) is 27.0 Å². The fourth-order valence-electron chi connectivity index (χ4n) is 2.08. The molecule has 19 heavy (non-hydrogen) atoms. The van der Waals surface area contributed by atoms with Crippen LogP contribution in [0.15, 0.2) is 18.2 Å². The Morgan fingerprint density at radius 3 is 2.68 bits per heavy atom. The summed E-state index contributed by atoms with van der Waals surface area (Å²) in [7, 11) is 1.84. The predicted molar refractivity (Wildman–Crippen MR) is 72.8 cm³/mol. The molecular weight excluding hydrogens is 243 g/mol. The molecule has 1 aromatic heterocycles. The van der Waals surface area contributed by atoms with Crippen molar-refractivity contribution in [2.75, 3.05) is 7.05 Å². The highest BCUT2D eigenvalue weighted by atomic mass is 19.1. The molecule has 2 aromatic rings. The maximum atomic E-state index is 14.2. The molecule has 0 atom stereocenters. The van der Waals surface area contributed by atoms with Gasteiger partial charge >= 0.3 is 0 Å². The molecule has 0 saturated heterocycles. The van der Waals surface area contributed by atoms with Gasteiger partial charge in [-0.1, -0.05) is 26.0 Å². The summed E-state index contributed by atoms with van der Waals surface area (Å²) in [6.07, 6.45) is 1.47. The Bertz CT molecular complexity index is 563. The first-order valence-electron chi connectivity index (χ1n) is 6.58. The number of rotatable bonds is 5. The van der Waals surface area contributed by atoms with Crippen LogP contribution in [0.5, 0.6) is 0 Å². The van der Waals surface area contributed by atoms with Crippen LogP contribution < -0.4 is 5.32 Å². The van der Waals surface area contributed by atoms with Crippen LogP contribution in [0.25, 0.3) is 5.69 Å². The molecule has 0 spiro atoms. The summed E-state index contributed by atoms with van der Waals surface area (Å²) in [6.45, 7) is 4.59. The van der Waals surface area contributed by atoms with E-state index in [9.17, 15) is 4.39 Å². The summed E-state index contributed by atoms with van der Waals surface area (Å²) >= 11 is 0. The molecule has 0 aliphatic heterocycles. The zero-order valence-corrected chi connectivity index (χ0v) is 11.6. The molecule has 0 aliphatic carbocycles. The summed E-state index contributed by atoms with van der Waals surface area (Å²) in [4.78, 5) is 4.43. The van der Waals surface area contributed by atoms with Crippen LogP contribution in [0.2, 0.25) is 0 Å². The van der Waals surface area contributed by atoms with E-state index in [0.717, 1.165) is 30.1 Å². The molecule has 0 fully saturated rings. The Labute approximate surface area is 112 Å². The second-order valence-corrected chi connectivity index (χ2v) is 4.34. The van der Waals surface area contributed by atoms with Gasteiger partial charge in [-0.3, -0.25) is 0 Å². The third-order valence-corrected chi connectivity index (χ3v) is 3.00. The van der Waals surface area contributed by atoms with Crippen LogP contribution in [0.1, 0.15) is 31.1 Å². The summed E-state index contributed by atoms with van der Waals surface area (Å²) in [6, 6.07) is 5.08. The quantitative estimate of drug-likeness (QED) is 0.898. The van der Waals surface area contributed by atoms with E-state index in [2.05, 4.69) is 15.4 Å². The van der Waals surface area contributed by atoms with Crippen molar-refractivity contribution in [3.63, 3.8) is 0 Å². The van der Waals surface area contributed by atoms with Crippen molar-refractivity contribution in [3.8, 4) is 5.69 Å². The molecule has 0 unspecified atom stereocenters. The maximum Gasteiger partial charge on any atom is 0.151 e. The Hall–Kier alpha value is -1.75. The van der Waals surface area contributed by atoms with Crippen LogP contribution >= 0.6 is 0 Å². The average molecular weight is 262 g/mol. The van der Waals surface area contributed by atoms with Gasteiger partial charge in [-0.25, -0.2) is 14.1 Å². The van der Waals surface area contributed by atoms with Crippen LogP contribution in [-0.2, 0) is 19.4 Å². The normalized spacial score (nSPS) is 10.9. The third-order valence-electron chi connectivity index (χ3n) is 3.00. The highest BCUT2D eigenvalue weighted by molar-refractivity contribution is 5.42. The molecule has 0 amide bonds. The van der Waals surface area contributed by atoms with Gasteiger partial charge in [0, 0.05) is 19.4 Å². The van der Waals surface area contributed by atoms with Gasteiger partial charge in [0.2, 0.25) is 0 Å². The smallest absolute Gasteiger partial charge is 0.151 e. The molecular formula is C14H19FN4. The van der Waals surface area contributed by atoms with Crippen molar-refractivity contribution < 1.29 is 4.39 Å². The number of hydrogen-bond acceptors (Lipinski definition) is 3. The molecule has 1 heterocycles. The molecule has 0 radical (unpaired) electrons. The highest BCUT2D eigenvalue weighted by Crippen LogP contribution is 2.20. The zero-order chi connectivity index (χ0) is 13.8. The van der Waals surface area contributed by atoms with Crippen molar-refractivity contribution >= 4 is 0 Å². The second kappa shape index (κ2) is 5.93. The lowest BCUT2D eigenvalue weighted by atomic mass is 10.1. The summed E-state index contributed by atoms with van der Waals surface area (Å²) in [5.41, 5.74) is 1.38. The maximum absolute atomic E-state index is 14.2. The Morgan fingerprint density at radius 2 is 2.05 bits per heavy atom. The average Bonchev–Trinajstić information content (AvgIpc) is 2.82. The Kier molecular flexibility index (Phi) is 4.27. The van der Waals surface area contributed by atoms with Gasteiger partial charge in [0.05, 0.1) is 0 Å². The highest BCUT2D eigenvalue weighted by Gasteiger charge is 2.16. The van der Waals surface area contributed by atoms with E-state index in [1.165, 1.54) is 6.07 Å². The number of aromatic nitrogens is 3. The first-order chi connectivity index (χ1) is 9.21. The Morgan fingerprint density at radius 1 is 1.26 bits per heavy atom. The minimum Gasteiger partial charge on any atom is -0.316 e. The predicted octanol–water partition coefficient (Wildman–Crippen LogP) is 2.25. The van der Waals surface area contributed by atoms with Gasteiger partial charge < -0.3 is 5.32 Å². The van der Waals surface area contributed by atoms with Crippen molar-refractivity contribution in [1.29, 1.82) is 0 Å². The van der Waals surface area contributed by atoms with E-state index in [0.29, 0.717) is 12.2 Å². The SMILES string of the molecule is CCc1nc(CC)n(-c2c(F)cccc2CNC)n1. The topological polar surface area (TPSA) is 42.7 Å². The monoisotopic (exact) mass is 262 g/mol. The van der Waals surface area contributed by atoms with E-state index in [-0.39, 0.29) is 5.82 Å². The molecule has 1 aromatic carbocycles. The zero-order valence-electron chi connectivity index (χ0n) is 11.6. The van der Waals surface area contributed by atoms with Crippen LogP contribution in [0.3, 0.4) is 0 Å². The molecule has 4 nitrogen and oxygen atoms in total. The second-order valence-electron chi connectivity index (χ2n) is 4.34. The van der Waals surface area contributed by atoms with Crippen molar-refractivity contribution in [3.05, 3.63) is 41.2 Å². The van der Waals surface area contributed by atoms with E-state index < -0.39 is 0 Å². The van der Waals surface area contributed by atoms with Crippen LogP contribution in [0, 0.1) is 5.82 Å². The van der Waals surface area contributed by atoms with Crippen molar-refractivity contribution in [2.45, 2.75) is 33.2 Å². The van der Waals surface area contributed by atoms with Crippen molar-refractivity contribution in [1.82, 2.24) is 20.1 Å². The first kappa shape index (κ1) is 13.7. The van der Waals surface area contributed by atoms with E-state index in [1.54, 1.807) is 10.7 Å². The molecule has 102 valence electrons. The van der Waals surface area contributed by atoms with E-state index in [4.69, 9.17) is 0 Å². The lowest BCUT2D eigenvalue weighted by Gasteiger charge is -2.11. The molecule has 0 bridgehead atoms. The Balaban J connectivity index is 2.60. The molecule has 2 rings (SSSR count). The van der Waals surface area contributed by atoms with Gasteiger partial charge in [-0.15, -0.1) is 0 Å². The van der Waals surface area contributed by atoms with Crippen LogP contribution in [-0.4, -0.2) is 21.8 Å². The number of hydrogen-bond donors (Lipinski definition) is 1. The van der Waals surface area contributed by atoms with Gasteiger partial charge in [-0.2, -0.15) is 5.10 Å². The number of nitrogens with zero attached hydrogens (tertiary/aromatic N) is 3. The number of benzene rings is 1. The summed E-state index contributed by atoms with van der Waals surface area (Å²) in [5.74, 6) is 1.27. The van der Waals surface area contributed by atoms with Crippen LogP contribution in [0.4, 0.5) is 4.39 Å². The first-order valence-corrected chi connectivity index (χ1v) is 6.58. The number of nitrogens with one attached hydrogen (secondary N) is 1. The summed E-state index contributed by atoms with van der Waals surface area (Å²) < 4.78 is 15.8. The minimum atomic E-state index is -0.269. The molecule has 0 aliphatic rings. The number of para-hydroxylation sites is 1. The van der Waals surface area contributed by atoms with Gasteiger partial charge in [-0.05, 0) is 18.7 Å². The standard InChI is InChI=1S/C14H19FN4/c1-4-12-17-13(5-2)19(18-12)14-10(9-16-3)7-6-8-11(14)15/h6-8,16H,4-5,9H2,1-3H3. The van der Waals surface area contributed by atoms with Gasteiger partial charge in [0.15, 0.2) is 5.82 Å².